The zero-order valence-electron chi connectivity index (χ0n) is 10.2. The lowest BCUT2D eigenvalue weighted by Gasteiger charge is -2.29. The van der Waals surface area contributed by atoms with Gasteiger partial charge in [0.05, 0.1) is 27.1 Å². The van der Waals surface area contributed by atoms with Gasteiger partial charge in [0.25, 0.3) is 5.69 Å². The number of aliphatic hydroxyl groups is 1. The summed E-state index contributed by atoms with van der Waals surface area (Å²) in [5.74, 6) is 0. The molecule has 0 unspecified atom stereocenters. The molecular formula is C12H14Cl2N2O3. The predicted octanol–water partition coefficient (Wildman–Crippen LogP) is 3.62. The van der Waals surface area contributed by atoms with Gasteiger partial charge in [-0.2, -0.15) is 0 Å². The molecule has 1 fully saturated rings. The van der Waals surface area contributed by atoms with E-state index in [4.69, 9.17) is 23.2 Å². The Kier molecular flexibility index (Phi) is 4.18. The maximum absolute atomic E-state index is 11.1. The van der Waals surface area contributed by atoms with Crippen molar-refractivity contribution in [3.63, 3.8) is 0 Å². The minimum atomic E-state index is -0.509. The van der Waals surface area contributed by atoms with E-state index in [0.717, 1.165) is 25.7 Å². The van der Waals surface area contributed by atoms with Gasteiger partial charge in [-0.15, -0.1) is 0 Å². The molecule has 0 bridgehead atoms. The van der Waals surface area contributed by atoms with Crippen LogP contribution in [0.1, 0.15) is 25.7 Å². The third-order valence-corrected chi connectivity index (χ3v) is 4.22. The molecule has 0 spiro atoms. The molecular weight excluding hydrogens is 291 g/mol. The zero-order valence-corrected chi connectivity index (χ0v) is 11.7. The van der Waals surface area contributed by atoms with Crippen molar-refractivity contribution >= 4 is 34.6 Å². The highest BCUT2D eigenvalue weighted by Gasteiger charge is 2.35. The Hall–Kier alpha value is -1.04. The van der Waals surface area contributed by atoms with Crippen LogP contribution < -0.4 is 5.32 Å². The van der Waals surface area contributed by atoms with Gasteiger partial charge in [-0.1, -0.05) is 36.0 Å². The lowest BCUT2D eigenvalue weighted by Crippen LogP contribution is -2.39. The van der Waals surface area contributed by atoms with Crippen LogP contribution in [0.25, 0.3) is 0 Å². The van der Waals surface area contributed by atoms with E-state index in [9.17, 15) is 15.2 Å². The molecule has 5 nitrogen and oxygen atoms in total. The fourth-order valence-electron chi connectivity index (χ4n) is 2.45. The van der Waals surface area contributed by atoms with E-state index >= 15 is 0 Å². The van der Waals surface area contributed by atoms with Gasteiger partial charge < -0.3 is 10.4 Å². The summed E-state index contributed by atoms with van der Waals surface area (Å²) >= 11 is 11.7. The SMILES string of the molecule is O=[N+]([O-])c1cc(Cl)c(Cl)cc1NC1(CO)CCCC1. The highest BCUT2D eigenvalue weighted by Crippen LogP contribution is 2.39. The number of nitrogens with zero attached hydrogens (tertiary/aromatic N) is 1. The lowest BCUT2D eigenvalue weighted by atomic mass is 9.98. The first-order valence-electron chi connectivity index (χ1n) is 6.00. The first kappa shape index (κ1) is 14.4. The van der Waals surface area contributed by atoms with E-state index in [1.54, 1.807) is 0 Å². The van der Waals surface area contributed by atoms with Crippen LogP contribution in [0.15, 0.2) is 12.1 Å². The third kappa shape index (κ3) is 2.94. The molecule has 7 heteroatoms. The van der Waals surface area contributed by atoms with E-state index in [1.807, 2.05) is 0 Å². The van der Waals surface area contributed by atoms with Crippen LogP contribution in [0.5, 0.6) is 0 Å². The molecule has 1 aliphatic carbocycles. The number of aliphatic hydroxyl groups excluding tert-OH is 1. The second-order valence-electron chi connectivity index (χ2n) is 4.81. The van der Waals surface area contributed by atoms with E-state index in [-0.39, 0.29) is 22.3 Å². The van der Waals surface area contributed by atoms with E-state index in [2.05, 4.69) is 5.32 Å². The summed E-state index contributed by atoms with van der Waals surface area (Å²) in [6.07, 6.45) is 3.53. The molecule has 0 heterocycles. The number of anilines is 1. The van der Waals surface area contributed by atoms with E-state index < -0.39 is 10.5 Å². The van der Waals surface area contributed by atoms with Crippen molar-refractivity contribution in [1.82, 2.24) is 0 Å². The average Bonchev–Trinajstić information content (AvgIpc) is 2.82. The van der Waals surface area contributed by atoms with Crippen molar-refractivity contribution in [1.29, 1.82) is 0 Å². The van der Waals surface area contributed by atoms with Crippen LogP contribution in [0, 0.1) is 10.1 Å². The Morgan fingerprint density at radius 1 is 1.32 bits per heavy atom. The molecule has 19 heavy (non-hydrogen) atoms. The van der Waals surface area contributed by atoms with Gasteiger partial charge in [0.1, 0.15) is 5.69 Å². The van der Waals surface area contributed by atoms with Gasteiger partial charge in [-0.25, -0.2) is 0 Å². The highest BCUT2D eigenvalue weighted by molar-refractivity contribution is 6.42. The Morgan fingerprint density at radius 3 is 2.42 bits per heavy atom. The van der Waals surface area contributed by atoms with Crippen molar-refractivity contribution < 1.29 is 10.0 Å². The molecule has 0 amide bonds. The van der Waals surface area contributed by atoms with Crippen LogP contribution in [0.4, 0.5) is 11.4 Å². The molecule has 2 rings (SSSR count). The van der Waals surface area contributed by atoms with Gasteiger partial charge in [-0.3, -0.25) is 10.1 Å². The number of nitrogens with one attached hydrogen (secondary N) is 1. The first-order chi connectivity index (χ1) is 8.97. The molecule has 0 atom stereocenters. The number of hydrogen-bond acceptors (Lipinski definition) is 4. The highest BCUT2D eigenvalue weighted by atomic mass is 35.5. The van der Waals surface area contributed by atoms with Gasteiger partial charge in [0, 0.05) is 6.07 Å². The summed E-state index contributed by atoms with van der Waals surface area (Å²) in [4.78, 5) is 10.5. The van der Waals surface area contributed by atoms with Gasteiger partial charge in [0.2, 0.25) is 0 Å². The predicted molar refractivity (Wildman–Crippen MR) is 75.0 cm³/mol. The molecule has 1 saturated carbocycles. The van der Waals surface area contributed by atoms with E-state index in [1.165, 1.54) is 12.1 Å². The Labute approximate surface area is 120 Å². The van der Waals surface area contributed by atoms with Crippen LogP contribution in [0.2, 0.25) is 10.0 Å². The number of hydrogen-bond donors (Lipinski definition) is 2. The van der Waals surface area contributed by atoms with Crippen LogP contribution in [0.3, 0.4) is 0 Å². The summed E-state index contributed by atoms with van der Waals surface area (Å²) < 4.78 is 0. The molecule has 2 N–H and O–H groups in total. The average molecular weight is 305 g/mol. The number of nitro benzene ring substituents is 1. The monoisotopic (exact) mass is 304 g/mol. The van der Waals surface area contributed by atoms with Crippen molar-refractivity contribution in [3.05, 3.63) is 32.3 Å². The fraction of sp³-hybridized carbons (Fsp3) is 0.500. The maximum atomic E-state index is 11.1. The van der Waals surface area contributed by atoms with Gasteiger partial charge in [-0.05, 0) is 18.9 Å². The Balaban J connectivity index is 2.38. The number of nitro groups is 1. The van der Waals surface area contributed by atoms with Crippen LogP contribution >= 0.6 is 23.2 Å². The molecule has 0 saturated heterocycles. The molecule has 1 aliphatic rings. The minimum Gasteiger partial charge on any atom is -0.394 e. The van der Waals surface area contributed by atoms with Crippen molar-refractivity contribution in [2.24, 2.45) is 0 Å². The van der Waals surface area contributed by atoms with E-state index in [0.29, 0.717) is 5.69 Å². The maximum Gasteiger partial charge on any atom is 0.293 e. The summed E-state index contributed by atoms with van der Waals surface area (Å²) in [6.45, 7) is -0.0651. The minimum absolute atomic E-state index is 0.0651. The van der Waals surface area contributed by atoms with Crippen molar-refractivity contribution in [2.45, 2.75) is 31.2 Å². The smallest absolute Gasteiger partial charge is 0.293 e. The third-order valence-electron chi connectivity index (χ3n) is 3.50. The molecule has 1 aromatic rings. The lowest BCUT2D eigenvalue weighted by molar-refractivity contribution is -0.384. The molecule has 0 aliphatic heterocycles. The zero-order chi connectivity index (χ0) is 14.0. The molecule has 1 aromatic carbocycles. The quantitative estimate of drug-likeness (QED) is 0.658. The number of halogens is 2. The summed E-state index contributed by atoms with van der Waals surface area (Å²) in [5.41, 5.74) is -0.327. The van der Waals surface area contributed by atoms with Gasteiger partial charge >= 0.3 is 0 Å². The normalized spacial score (nSPS) is 17.4. The first-order valence-corrected chi connectivity index (χ1v) is 6.75. The second-order valence-corrected chi connectivity index (χ2v) is 5.63. The summed E-state index contributed by atoms with van der Waals surface area (Å²) in [6, 6.07) is 2.67. The van der Waals surface area contributed by atoms with Crippen LogP contribution in [-0.4, -0.2) is 22.2 Å². The van der Waals surface area contributed by atoms with Crippen LogP contribution in [-0.2, 0) is 0 Å². The standard InChI is InChI=1S/C12H14Cl2N2O3/c13-8-5-10(11(16(18)19)6-9(8)14)15-12(7-17)3-1-2-4-12/h5-6,15,17H,1-4,7H2. The van der Waals surface area contributed by atoms with Crippen molar-refractivity contribution in [3.8, 4) is 0 Å². The fourth-order valence-corrected chi connectivity index (χ4v) is 2.77. The molecule has 104 valence electrons. The number of rotatable bonds is 4. The largest absolute Gasteiger partial charge is 0.394 e. The summed E-state index contributed by atoms with van der Waals surface area (Å²) in [7, 11) is 0. The number of benzene rings is 1. The Bertz CT molecular complexity index is 502. The Morgan fingerprint density at radius 2 is 1.89 bits per heavy atom. The molecule has 0 radical (unpaired) electrons. The van der Waals surface area contributed by atoms with Gasteiger partial charge in [0.15, 0.2) is 0 Å². The second kappa shape index (κ2) is 5.53. The molecule has 0 aromatic heterocycles. The summed E-state index contributed by atoms with van der Waals surface area (Å²) in [5, 5.41) is 24.1. The topological polar surface area (TPSA) is 75.4 Å². The van der Waals surface area contributed by atoms with Crippen molar-refractivity contribution in [2.75, 3.05) is 11.9 Å².